The van der Waals surface area contributed by atoms with Gasteiger partial charge in [-0.1, -0.05) is 23.7 Å². The predicted octanol–water partition coefficient (Wildman–Crippen LogP) is 3.60. The van der Waals surface area contributed by atoms with Crippen LogP contribution in [0.4, 0.5) is 10.5 Å². The monoisotopic (exact) mass is 364 g/mol. The lowest BCUT2D eigenvalue weighted by atomic mass is 10.1. The quantitative estimate of drug-likeness (QED) is 0.701. The Hall–Kier alpha value is -2.44. The van der Waals surface area contributed by atoms with Gasteiger partial charge in [-0.2, -0.15) is 0 Å². The number of anilines is 1. The molecule has 2 aromatic rings. The average Bonchev–Trinajstić information content (AvgIpc) is 2.59. The van der Waals surface area contributed by atoms with E-state index in [4.69, 9.17) is 26.2 Å². The molecule has 0 heterocycles. The van der Waals surface area contributed by atoms with E-state index in [-0.39, 0.29) is 25.3 Å². The number of urea groups is 1. The van der Waals surface area contributed by atoms with Crippen molar-refractivity contribution in [2.45, 2.75) is 13.0 Å². The highest BCUT2D eigenvalue weighted by Gasteiger charge is 2.13. The number of aliphatic hydroxyl groups is 1. The number of ether oxygens (including phenoxy) is 2. The molecule has 134 valence electrons. The summed E-state index contributed by atoms with van der Waals surface area (Å²) in [6, 6.07) is 11.7. The van der Waals surface area contributed by atoms with Gasteiger partial charge in [0, 0.05) is 10.7 Å². The first kappa shape index (κ1) is 18.9. The second-order valence-electron chi connectivity index (χ2n) is 5.31. The van der Waals surface area contributed by atoms with Crippen LogP contribution in [0.5, 0.6) is 11.5 Å². The molecule has 0 fully saturated rings. The van der Waals surface area contributed by atoms with Crippen LogP contribution >= 0.6 is 11.6 Å². The predicted molar refractivity (Wildman–Crippen MR) is 97.6 cm³/mol. The topological polar surface area (TPSA) is 79.8 Å². The maximum atomic E-state index is 12.1. The number of rotatable bonds is 7. The number of aliphatic hydroxyl groups excluding tert-OH is 1. The number of benzene rings is 2. The standard InChI is InChI=1S/C18H21ClN2O4/c1-12(20-18(23)21-15-5-3-4-14(19)11-15)13-6-7-16(25-9-8-22)17(10-13)24-2/h3-7,10-12,22H,8-9H2,1-2H3,(H2,20,21,23)/t12-/m0/s1. The molecule has 0 aliphatic carbocycles. The van der Waals surface area contributed by atoms with Gasteiger partial charge in [0.15, 0.2) is 11.5 Å². The van der Waals surface area contributed by atoms with E-state index in [1.807, 2.05) is 13.0 Å². The summed E-state index contributed by atoms with van der Waals surface area (Å²) in [5.41, 5.74) is 1.47. The van der Waals surface area contributed by atoms with Crippen LogP contribution in [0.2, 0.25) is 5.02 Å². The summed E-state index contributed by atoms with van der Waals surface area (Å²) in [5, 5.41) is 15.0. The minimum Gasteiger partial charge on any atom is -0.493 e. The number of amides is 2. The molecular weight excluding hydrogens is 344 g/mol. The molecule has 1 atom stereocenters. The Bertz CT molecular complexity index is 724. The van der Waals surface area contributed by atoms with E-state index in [0.717, 1.165) is 5.56 Å². The van der Waals surface area contributed by atoms with Crippen LogP contribution < -0.4 is 20.1 Å². The summed E-state index contributed by atoms with van der Waals surface area (Å²) >= 11 is 5.90. The zero-order valence-corrected chi connectivity index (χ0v) is 14.8. The summed E-state index contributed by atoms with van der Waals surface area (Å²) in [7, 11) is 1.54. The molecule has 0 bridgehead atoms. The van der Waals surface area contributed by atoms with Crippen molar-refractivity contribution in [3.05, 3.63) is 53.1 Å². The van der Waals surface area contributed by atoms with Crippen molar-refractivity contribution in [3.63, 3.8) is 0 Å². The molecule has 25 heavy (non-hydrogen) atoms. The van der Waals surface area contributed by atoms with Gasteiger partial charge in [0.1, 0.15) is 6.61 Å². The first-order valence-electron chi connectivity index (χ1n) is 7.78. The lowest BCUT2D eigenvalue weighted by Gasteiger charge is -2.17. The Kier molecular flexibility index (Phi) is 6.91. The molecule has 0 saturated carbocycles. The zero-order valence-electron chi connectivity index (χ0n) is 14.1. The van der Waals surface area contributed by atoms with Crippen LogP contribution in [0, 0.1) is 0 Å². The number of halogens is 1. The van der Waals surface area contributed by atoms with Crippen molar-refractivity contribution in [2.75, 3.05) is 25.6 Å². The average molecular weight is 365 g/mol. The molecule has 7 heteroatoms. The third-order valence-corrected chi connectivity index (χ3v) is 3.70. The minimum atomic E-state index is -0.339. The highest BCUT2D eigenvalue weighted by atomic mass is 35.5. The Morgan fingerprint density at radius 2 is 2.04 bits per heavy atom. The van der Waals surface area contributed by atoms with Gasteiger partial charge < -0.3 is 25.2 Å². The first-order valence-corrected chi connectivity index (χ1v) is 8.16. The lowest BCUT2D eigenvalue weighted by molar-refractivity contribution is 0.196. The summed E-state index contributed by atoms with van der Waals surface area (Å²) < 4.78 is 10.7. The molecule has 6 nitrogen and oxygen atoms in total. The summed E-state index contributed by atoms with van der Waals surface area (Å²) in [6.07, 6.45) is 0. The van der Waals surface area contributed by atoms with Crippen molar-refractivity contribution >= 4 is 23.3 Å². The molecular formula is C18H21ClN2O4. The molecule has 0 spiro atoms. The van der Waals surface area contributed by atoms with E-state index in [1.165, 1.54) is 7.11 Å². The van der Waals surface area contributed by atoms with Gasteiger partial charge in [-0.15, -0.1) is 0 Å². The van der Waals surface area contributed by atoms with Gasteiger partial charge in [-0.25, -0.2) is 4.79 Å². The second kappa shape index (κ2) is 9.15. The van der Waals surface area contributed by atoms with E-state index in [2.05, 4.69) is 10.6 Å². The molecule has 3 N–H and O–H groups in total. The Labute approximate surface area is 151 Å². The van der Waals surface area contributed by atoms with Gasteiger partial charge in [-0.3, -0.25) is 0 Å². The summed E-state index contributed by atoms with van der Waals surface area (Å²) in [4.78, 5) is 12.1. The number of carbonyl (C=O) groups excluding carboxylic acids is 1. The van der Waals surface area contributed by atoms with Crippen molar-refractivity contribution in [2.24, 2.45) is 0 Å². The van der Waals surface area contributed by atoms with E-state index in [1.54, 1.807) is 36.4 Å². The number of nitrogens with one attached hydrogen (secondary N) is 2. The largest absolute Gasteiger partial charge is 0.493 e. The van der Waals surface area contributed by atoms with Gasteiger partial charge in [0.25, 0.3) is 0 Å². The van der Waals surface area contributed by atoms with Gasteiger partial charge >= 0.3 is 6.03 Å². The highest BCUT2D eigenvalue weighted by Crippen LogP contribution is 2.30. The van der Waals surface area contributed by atoms with Crippen LogP contribution in [-0.4, -0.2) is 31.5 Å². The molecule has 2 rings (SSSR count). The van der Waals surface area contributed by atoms with Crippen molar-refractivity contribution in [3.8, 4) is 11.5 Å². The first-order chi connectivity index (χ1) is 12.0. The van der Waals surface area contributed by atoms with E-state index in [0.29, 0.717) is 22.2 Å². The summed E-state index contributed by atoms with van der Waals surface area (Å²) in [5.74, 6) is 1.07. The SMILES string of the molecule is COc1cc([C@H](C)NC(=O)Nc2cccc(Cl)c2)ccc1OCCO. The van der Waals surface area contributed by atoms with Crippen LogP contribution in [-0.2, 0) is 0 Å². The van der Waals surface area contributed by atoms with Gasteiger partial charge in [-0.05, 0) is 42.8 Å². The number of carbonyl (C=O) groups is 1. The third-order valence-electron chi connectivity index (χ3n) is 3.47. The van der Waals surface area contributed by atoms with Gasteiger partial charge in [0.05, 0.1) is 19.8 Å². The lowest BCUT2D eigenvalue weighted by Crippen LogP contribution is -2.31. The fourth-order valence-electron chi connectivity index (χ4n) is 2.24. The second-order valence-corrected chi connectivity index (χ2v) is 5.75. The maximum absolute atomic E-state index is 12.1. The Morgan fingerprint density at radius 1 is 1.24 bits per heavy atom. The van der Waals surface area contributed by atoms with Crippen LogP contribution in [0.25, 0.3) is 0 Å². The van der Waals surface area contributed by atoms with Crippen LogP contribution in [0.1, 0.15) is 18.5 Å². The molecule has 0 aliphatic heterocycles. The molecule has 2 amide bonds. The molecule has 0 aliphatic rings. The Morgan fingerprint density at radius 3 is 2.72 bits per heavy atom. The fourth-order valence-corrected chi connectivity index (χ4v) is 2.43. The van der Waals surface area contributed by atoms with Crippen molar-refractivity contribution in [1.29, 1.82) is 0 Å². The van der Waals surface area contributed by atoms with E-state index in [9.17, 15) is 4.79 Å². The summed E-state index contributed by atoms with van der Waals surface area (Å²) in [6.45, 7) is 1.97. The number of hydrogen-bond donors (Lipinski definition) is 3. The van der Waals surface area contributed by atoms with Crippen molar-refractivity contribution < 1.29 is 19.4 Å². The number of hydrogen-bond acceptors (Lipinski definition) is 4. The molecule has 0 aromatic heterocycles. The zero-order chi connectivity index (χ0) is 18.2. The minimum absolute atomic E-state index is 0.0768. The smallest absolute Gasteiger partial charge is 0.319 e. The number of methoxy groups -OCH3 is 1. The van der Waals surface area contributed by atoms with Crippen LogP contribution in [0.3, 0.4) is 0 Å². The normalized spacial score (nSPS) is 11.5. The highest BCUT2D eigenvalue weighted by molar-refractivity contribution is 6.30. The fraction of sp³-hybridized carbons (Fsp3) is 0.278. The Balaban J connectivity index is 2.01. The van der Waals surface area contributed by atoms with Crippen LogP contribution in [0.15, 0.2) is 42.5 Å². The molecule has 0 unspecified atom stereocenters. The van der Waals surface area contributed by atoms with Gasteiger partial charge in [0.2, 0.25) is 0 Å². The van der Waals surface area contributed by atoms with E-state index < -0.39 is 0 Å². The maximum Gasteiger partial charge on any atom is 0.319 e. The molecule has 0 saturated heterocycles. The van der Waals surface area contributed by atoms with E-state index >= 15 is 0 Å². The van der Waals surface area contributed by atoms with Crippen molar-refractivity contribution in [1.82, 2.24) is 5.32 Å². The third kappa shape index (κ3) is 5.55. The molecule has 0 radical (unpaired) electrons. The molecule has 2 aromatic carbocycles.